The van der Waals surface area contributed by atoms with Gasteiger partial charge in [-0.2, -0.15) is 0 Å². The van der Waals surface area contributed by atoms with Crippen LogP contribution in [0, 0.1) is 0 Å². The highest BCUT2D eigenvalue weighted by molar-refractivity contribution is 7.88. The van der Waals surface area contributed by atoms with Crippen LogP contribution in [0.4, 0.5) is 14.5 Å². The number of hydrogen-bond donors (Lipinski definition) is 2. The number of rotatable bonds is 7. The third-order valence-corrected chi connectivity index (χ3v) is 7.49. The summed E-state index contributed by atoms with van der Waals surface area (Å²) in [6.45, 7) is 6.97. The molecule has 1 amide bonds. The molecule has 1 saturated carbocycles. The molecule has 2 aromatic carbocycles. The maximum atomic E-state index is 13.4. The van der Waals surface area contributed by atoms with E-state index in [2.05, 4.69) is 50.9 Å². The van der Waals surface area contributed by atoms with Crippen molar-refractivity contribution >= 4 is 32.5 Å². The van der Waals surface area contributed by atoms with Gasteiger partial charge < -0.3 is 19.4 Å². The molecule has 3 aromatic rings. The standard InChI is InChI=1S/C26H29F2N3O5S/c1-24(2,3)22-14-16-13-18(6-7-19(16)31(22)12-11-29-37(4,33)34)30-23(32)25(9-10-25)17-5-8-20-21(15-17)36-26(27,28)35-20/h5-8,13-15,29H,9-12H2,1-4H3,(H,30,32). The number of aromatic nitrogens is 1. The van der Waals surface area contributed by atoms with E-state index in [9.17, 15) is 22.0 Å². The minimum atomic E-state index is -3.71. The van der Waals surface area contributed by atoms with E-state index < -0.39 is 21.7 Å². The van der Waals surface area contributed by atoms with Crippen molar-refractivity contribution < 1.29 is 31.5 Å². The van der Waals surface area contributed by atoms with Crippen LogP contribution in [0.5, 0.6) is 11.5 Å². The first-order valence-electron chi connectivity index (χ1n) is 12.0. The molecule has 0 atom stereocenters. The number of benzene rings is 2. The lowest BCUT2D eigenvalue weighted by Crippen LogP contribution is -2.28. The number of carbonyl (C=O) groups is 1. The maximum Gasteiger partial charge on any atom is 0.586 e. The molecular formula is C26H29F2N3O5S. The van der Waals surface area contributed by atoms with E-state index >= 15 is 0 Å². The van der Waals surface area contributed by atoms with Gasteiger partial charge in [0.15, 0.2) is 11.5 Å². The van der Waals surface area contributed by atoms with Gasteiger partial charge in [0, 0.05) is 40.8 Å². The van der Waals surface area contributed by atoms with E-state index in [-0.39, 0.29) is 29.4 Å². The number of amides is 1. The summed E-state index contributed by atoms with van der Waals surface area (Å²) in [7, 11) is -3.30. The topological polar surface area (TPSA) is 98.7 Å². The van der Waals surface area contributed by atoms with Crippen LogP contribution in [0.2, 0.25) is 0 Å². The summed E-state index contributed by atoms with van der Waals surface area (Å²) in [6.07, 6.45) is -1.39. The van der Waals surface area contributed by atoms with Crippen molar-refractivity contribution in [3.05, 3.63) is 53.7 Å². The van der Waals surface area contributed by atoms with E-state index in [0.29, 0.717) is 30.6 Å². The lowest BCUT2D eigenvalue weighted by Gasteiger charge is -2.22. The monoisotopic (exact) mass is 533 g/mol. The highest BCUT2D eigenvalue weighted by Gasteiger charge is 2.52. The van der Waals surface area contributed by atoms with Crippen molar-refractivity contribution in [3.63, 3.8) is 0 Å². The zero-order chi connectivity index (χ0) is 26.8. The van der Waals surface area contributed by atoms with Crippen molar-refractivity contribution in [3.8, 4) is 11.5 Å². The Hall–Kier alpha value is -3.18. The smallest absolute Gasteiger partial charge is 0.395 e. The summed E-state index contributed by atoms with van der Waals surface area (Å²) >= 11 is 0. The van der Waals surface area contributed by atoms with Gasteiger partial charge in [-0.1, -0.05) is 26.8 Å². The average Bonchev–Trinajstić information content (AvgIpc) is 3.41. The molecule has 2 N–H and O–H groups in total. The van der Waals surface area contributed by atoms with Crippen LogP contribution in [-0.4, -0.2) is 38.0 Å². The van der Waals surface area contributed by atoms with E-state index in [1.807, 2.05) is 18.2 Å². The Balaban J connectivity index is 1.39. The molecule has 1 aliphatic heterocycles. The molecular weight excluding hydrogens is 504 g/mol. The third kappa shape index (κ3) is 5.02. The van der Waals surface area contributed by atoms with Gasteiger partial charge in [-0.25, -0.2) is 13.1 Å². The zero-order valence-corrected chi connectivity index (χ0v) is 21.8. The number of halogens is 2. The molecule has 2 aliphatic rings. The average molecular weight is 534 g/mol. The van der Waals surface area contributed by atoms with Gasteiger partial charge >= 0.3 is 6.29 Å². The number of alkyl halides is 2. The first-order chi connectivity index (χ1) is 17.2. The molecule has 0 bridgehead atoms. The third-order valence-electron chi connectivity index (χ3n) is 6.77. The number of hydrogen-bond acceptors (Lipinski definition) is 5. The van der Waals surface area contributed by atoms with Crippen LogP contribution >= 0.6 is 0 Å². The quantitative estimate of drug-likeness (QED) is 0.467. The largest absolute Gasteiger partial charge is 0.586 e. The van der Waals surface area contributed by atoms with Gasteiger partial charge in [-0.3, -0.25) is 4.79 Å². The molecule has 1 fully saturated rings. The summed E-state index contributed by atoms with van der Waals surface area (Å²) in [5.41, 5.74) is 2.18. The number of nitrogens with zero attached hydrogens (tertiary/aromatic N) is 1. The highest BCUT2D eigenvalue weighted by atomic mass is 32.2. The molecule has 198 valence electrons. The van der Waals surface area contributed by atoms with Crippen molar-refractivity contribution in [1.82, 2.24) is 9.29 Å². The van der Waals surface area contributed by atoms with Gasteiger partial charge in [0.05, 0.1) is 11.7 Å². The van der Waals surface area contributed by atoms with Gasteiger partial charge in [0.1, 0.15) is 0 Å². The van der Waals surface area contributed by atoms with Crippen molar-refractivity contribution in [1.29, 1.82) is 0 Å². The fraction of sp³-hybridized carbons (Fsp3) is 0.423. The molecule has 1 aromatic heterocycles. The normalized spacial score (nSPS) is 17.7. The van der Waals surface area contributed by atoms with Crippen molar-refractivity contribution in [2.24, 2.45) is 0 Å². The van der Waals surface area contributed by atoms with Gasteiger partial charge in [0.2, 0.25) is 15.9 Å². The molecule has 0 unspecified atom stereocenters. The first kappa shape index (κ1) is 25.5. The lowest BCUT2D eigenvalue weighted by atomic mass is 9.92. The molecule has 8 nitrogen and oxygen atoms in total. The SMILES string of the molecule is CC(C)(C)c1cc2cc(NC(=O)C3(c4ccc5c(c4)OC(F)(F)O5)CC3)ccc2n1CCNS(C)(=O)=O. The predicted molar refractivity (Wildman–Crippen MR) is 136 cm³/mol. The predicted octanol–water partition coefficient (Wildman–Crippen LogP) is 4.48. The number of sulfonamides is 1. The molecule has 2 heterocycles. The van der Waals surface area contributed by atoms with Crippen molar-refractivity contribution in [2.75, 3.05) is 18.1 Å². The van der Waals surface area contributed by atoms with Gasteiger partial charge in [-0.05, 0) is 54.8 Å². The molecule has 5 rings (SSSR count). The minimum absolute atomic E-state index is 0.0543. The Labute approximate surface area is 214 Å². The molecule has 37 heavy (non-hydrogen) atoms. The Morgan fingerprint density at radius 2 is 1.76 bits per heavy atom. The number of nitrogens with one attached hydrogen (secondary N) is 2. The second-order valence-corrected chi connectivity index (χ2v) is 12.6. The Morgan fingerprint density at radius 3 is 2.41 bits per heavy atom. The first-order valence-corrected chi connectivity index (χ1v) is 13.9. The van der Waals surface area contributed by atoms with Crippen LogP contribution in [0.15, 0.2) is 42.5 Å². The van der Waals surface area contributed by atoms with E-state index in [1.165, 1.54) is 12.1 Å². The molecule has 11 heteroatoms. The highest BCUT2D eigenvalue weighted by Crippen LogP contribution is 2.52. The number of anilines is 1. The van der Waals surface area contributed by atoms with Crippen LogP contribution in [0.1, 0.15) is 44.9 Å². The molecule has 1 aliphatic carbocycles. The van der Waals surface area contributed by atoms with Gasteiger partial charge in [-0.15, -0.1) is 8.78 Å². The second-order valence-electron chi connectivity index (χ2n) is 10.7. The summed E-state index contributed by atoms with van der Waals surface area (Å²) in [5, 5.41) is 3.90. The lowest BCUT2D eigenvalue weighted by molar-refractivity contribution is -0.286. The Morgan fingerprint density at radius 1 is 1.05 bits per heavy atom. The number of fused-ring (bicyclic) bond motifs is 2. The number of carbonyl (C=O) groups excluding carboxylic acids is 1. The van der Waals surface area contributed by atoms with Crippen LogP contribution in [0.3, 0.4) is 0 Å². The van der Waals surface area contributed by atoms with E-state index in [0.717, 1.165) is 22.9 Å². The number of ether oxygens (including phenoxy) is 2. The summed E-state index contributed by atoms with van der Waals surface area (Å²) < 4.78 is 63.5. The van der Waals surface area contributed by atoms with E-state index in [4.69, 9.17) is 0 Å². The van der Waals surface area contributed by atoms with Gasteiger partial charge in [0.25, 0.3) is 0 Å². The fourth-order valence-corrected chi connectivity index (χ4v) is 5.29. The summed E-state index contributed by atoms with van der Waals surface area (Å²) in [4.78, 5) is 13.3. The zero-order valence-electron chi connectivity index (χ0n) is 21.0. The van der Waals surface area contributed by atoms with Crippen LogP contribution in [0.25, 0.3) is 10.9 Å². The van der Waals surface area contributed by atoms with Crippen LogP contribution in [-0.2, 0) is 32.2 Å². The molecule has 0 spiro atoms. The maximum absolute atomic E-state index is 13.4. The molecule has 0 saturated heterocycles. The summed E-state index contributed by atoms with van der Waals surface area (Å²) in [5.74, 6) is -0.351. The molecule has 0 radical (unpaired) electrons. The second kappa shape index (κ2) is 8.42. The van der Waals surface area contributed by atoms with E-state index in [1.54, 1.807) is 6.07 Å². The minimum Gasteiger partial charge on any atom is -0.395 e. The fourth-order valence-electron chi connectivity index (χ4n) is 4.82. The Bertz CT molecular complexity index is 1500. The van der Waals surface area contributed by atoms with Crippen LogP contribution < -0.4 is 19.5 Å². The Kier molecular flexibility index (Phi) is 5.80. The van der Waals surface area contributed by atoms with Crippen molar-refractivity contribution in [2.45, 2.75) is 57.3 Å². The summed E-state index contributed by atoms with van der Waals surface area (Å²) in [6, 6.07) is 12.1.